The van der Waals surface area contributed by atoms with E-state index in [-0.39, 0.29) is 49.3 Å². The van der Waals surface area contributed by atoms with E-state index in [4.69, 9.17) is 0 Å². The molecule has 2 aromatic carbocycles. The van der Waals surface area contributed by atoms with Crippen molar-refractivity contribution in [1.29, 1.82) is 0 Å². The lowest BCUT2D eigenvalue weighted by Gasteiger charge is -2.14. The topological polar surface area (TPSA) is 86.3 Å². The molecule has 15 heteroatoms. The molecule has 0 saturated heterocycles. The van der Waals surface area contributed by atoms with Crippen molar-refractivity contribution in [3.8, 4) is 0 Å². The molecule has 35 heavy (non-hydrogen) atoms. The van der Waals surface area contributed by atoms with Gasteiger partial charge in [0.2, 0.25) is 0 Å². The Morgan fingerprint density at radius 2 is 1.03 bits per heavy atom. The van der Waals surface area contributed by atoms with Gasteiger partial charge in [-0.25, -0.2) is 8.78 Å². The van der Waals surface area contributed by atoms with Crippen LogP contribution in [-0.4, -0.2) is 21.4 Å². The number of hydrogen-bond acceptors (Lipinski definition) is 5. The summed E-state index contributed by atoms with van der Waals surface area (Å²) in [6.07, 6.45) is -10.7. The molecule has 0 N–H and O–H groups in total. The summed E-state index contributed by atoms with van der Waals surface area (Å²) >= 11 is 1.12. The van der Waals surface area contributed by atoms with Gasteiger partial charge in [-0.05, 0) is 37.2 Å². The molecule has 0 bridgehead atoms. The van der Waals surface area contributed by atoms with Crippen LogP contribution in [0, 0.1) is 31.9 Å². The van der Waals surface area contributed by atoms with E-state index in [1.807, 2.05) is 0 Å². The third-order valence-electron chi connectivity index (χ3n) is 4.82. The fourth-order valence-electron chi connectivity index (χ4n) is 3.27. The van der Waals surface area contributed by atoms with Gasteiger partial charge in [-0.2, -0.15) is 38.1 Å². The third kappa shape index (κ3) is 7.50. The van der Waals surface area contributed by atoms with E-state index in [2.05, 4.69) is 0 Å². The predicted octanol–water partition coefficient (Wildman–Crippen LogP) is 7.12. The first-order valence-electron chi connectivity index (χ1n) is 9.78. The highest BCUT2D eigenvalue weighted by atomic mass is 32.2. The predicted molar refractivity (Wildman–Crippen MR) is 110 cm³/mol. The summed E-state index contributed by atoms with van der Waals surface area (Å²) in [6, 6.07) is 1.30. The monoisotopic (exact) mass is 532 g/mol. The van der Waals surface area contributed by atoms with Crippen LogP contribution in [0.2, 0.25) is 0 Å². The maximum Gasteiger partial charge on any atom is 0.417 e. The summed E-state index contributed by atoms with van der Waals surface area (Å²) in [7, 11) is 0. The first-order valence-corrected chi connectivity index (χ1v) is 10.9. The first kappa shape index (κ1) is 28.3. The van der Waals surface area contributed by atoms with Crippen molar-refractivity contribution >= 4 is 23.1 Å². The van der Waals surface area contributed by atoms with Crippen molar-refractivity contribution in [2.24, 2.45) is 0 Å². The van der Waals surface area contributed by atoms with E-state index in [1.54, 1.807) is 0 Å². The molecule has 0 unspecified atom stereocenters. The zero-order chi connectivity index (χ0) is 26.6. The number of non-ortho nitro benzene ring substituents is 2. The highest BCUT2D eigenvalue weighted by Gasteiger charge is 2.37. The number of halogens is 8. The lowest BCUT2D eigenvalue weighted by atomic mass is 10.0. The molecule has 0 radical (unpaired) electrons. The van der Waals surface area contributed by atoms with E-state index in [0.29, 0.717) is 12.1 Å². The van der Waals surface area contributed by atoms with Gasteiger partial charge in [0, 0.05) is 23.3 Å². The normalized spacial score (nSPS) is 12.1. The molecular formula is C20H16F8N2O4S. The van der Waals surface area contributed by atoms with Crippen LogP contribution in [0.1, 0.15) is 35.1 Å². The number of nitro benzene ring substituents is 2. The molecule has 0 spiro atoms. The minimum Gasteiger partial charge on any atom is -0.258 e. The van der Waals surface area contributed by atoms with Crippen molar-refractivity contribution in [3.05, 3.63) is 78.4 Å². The molecule has 6 nitrogen and oxygen atoms in total. The zero-order valence-electron chi connectivity index (χ0n) is 17.5. The second kappa shape index (κ2) is 11.2. The van der Waals surface area contributed by atoms with Crippen LogP contribution >= 0.6 is 11.8 Å². The van der Waals surface area contributed by atoms with Gasteiger partial charge in [0.1, 0.15) is 11.6 Å². The number of thioether (sulfide) groups is 1. The van der Waals surface area contributed by atoms with Crippen LogP contribution in [0.15, 0.2) is 24.3 Å². The number of nitrogens with zero attached hydrogens (tertiary/aromatic N) is 2. The average molecular weight is 532 g/mol. The number of rotatable bonds is 10. The quantitative estimate of drug-likeness (QED) is 0.141. The highest BCUT2D eigenvalue weighted by Crippen LogP contribution is 2.38. The molecule has 2 aromatic rings. The van der Waals surface area contributed by atoms with Crippen molar-refractivity contribution < 1.29 is 45.0 Å². The molecule has 0 fully saturated rings. The molecule has 0 aliphatic rings. The van der Waals surface area contributed by atoms with E-state index in [9.17, 15) is 55.4 Å². The highest BCUT2D eigenvalue weighted by molar-refractivity contribution is 7.99. The smallest absolute Gasteiger partial charge is 0.258 e. The molecule has 0 amide bonds. The molecule has 0 aromatic heterocycles. The lowest BCUT2D eigenvalue weighted by molar-refractivity contribution is -0.385. The van der Waals surface area contributed by atoms with Gasteiger partial charge >= 0.3 is 12.4 Å². The van der Waals surface area contributed by atoms with Gasteiger partial charge < -0.3 is 0 Å². The summed E-state index contributed by atoms with van der Waals surface area (Å²) in [5.41, 5.74) is -6.45. The summed E-state index contributed by atoms with van der Waals surface area (Å²) in [5.74, 6) is -2.37. The second-order valence-corrected chi connectivity index (χ2v) is 8.46. The third-order valence-corrected chi connectivity index (χ3v) is 5.98. The van der Waals surface area contributed by atoms with Crippen LogP contribution in [0.4, 0.5) is 46.5 Å². The Morgan fingerprint density at radius 1 is 0.686 bits per heavy atom. The maximum absolute atomic E-state index is 14.1. The van der Waals surface area contributed by atoms with E-state index in [1.165, 1.54) is 0 Å². The van der Waals surface area contributed by atoms with Crippen molar-refractivity contribution in [3.63, 3.8) is 0 Å². The maximum atomic E-state index is 14.1. The van der Waals surface area contributed by atoms with Crippen LogP contribution < -0.4 is 0 Å². The van der Waals surface area contributed by atoms with Crippen molar-refractivity contribution in [1.82, 2.24) is 0 Å². The number of alkyl halides is 6. The zero-order valence-corrected chi connectivity index (χ0v) is 18.3. The van der Waals surface area contributed by atoms with Gasteiger partial charge in [-0.3, -0.25) is 20.2 Å². The van der Waals surface area contributed by atoms with Crippen LogP contribution in [0.5, 0.6) is 0 Å². The first-order chi connectivity index (χ1) is 16.1. The molecule has 192 valence electrons. The van der Waals surface area contributed by atoms with Gasteiger partial charge in [-0.15, -0.1) is 0 Å². The molecule has 0 aliphatic carbocycles. The Kier molecular flexibility index (Phi) is 9.03. The Morgan fingerprint density at radius 3 is 1.31 bits per heavy atom. The number of benzene rings is 2. The number of hydrogen-bond donors (Lipinski definition) is 0. The summed E-state index contributed by atoms with van der Waals surface area (Å²) in [5, 5.41) is 21.4. The van der Waals surface area contributed by atoms with Gasteiger partial charge in [0.25, 0.3) is 11.4 Å². The largest absolute Gasteiger partial charge is 0.417 e. The van der Waals surface area contributed by atoms with E-state index < -0.39 is 67.5 Å². The summed E-state index contributed by atoms with van der Waals surface area (Å²) in [6.45, 7) is 0. The Hall–Kier alpha value is -2.97. The molecule has 0 atom stereocenters. The van der Waals surface area contributed by atoms with Gasteiger partial charge in [0.15, 0.2) is 0 Å². The van der Waals surface area contributed by atoms with E-state index >= 15 is 0 Å². The molecule has 0 aliphatic heterocycles. The van der Waals surface area contributed by atoms with Crippen LogP contribution in [0.25, 0.3) is 0 Å². The van der Waals surface area contributed by atoms with Crippen LogP contribution in [-0.2, 0) is 25.2 Å². The fraction of sp³-hybridized carbons (Fsp3) is 0.400. The molecule has 0 heterocycles. The average Bonchev–Trinajstić information content (AvgIpc) is 2.72. The summed E-state index contributed by atoms with van der Waals surface area (Å²) in [4.78, 5) is 19.1. The fourth-order valence-corrected chi connectivity index (χ4v) is 4.17. The molecular weight excluding hydrogens is 516 g/mol. The van der Waals surface area contributed by atoms with Crippen molar-refractivity contribution in [2.45, 2.75) is 38.0 Å². The molecule has 2 rings (SSSR count). The van der Waals surface area contributed by atoms with Gasteiger partial charge in [0.05, 0.1) is 33.1 Å². The SMILES string of the molecule is O=[N+]([O-])c1cc(F)c(CCCSCCCc2c(F)cc([N+](=O)[O-])cc2C(F)(F)F)c(C(F)(F)F)c1. The van der Waals surface area contributed by atoms with Crippen molar-refractivity contribution in [2.75, 3.05) is 11.5 Å². The standard InChI is InChI=1S/C20H16F8N2O4S/c21-17-9-11(29(31)32)7-15(19(23,24)25)13(17)3-1-5-35-6-2-4-14-16(20(26,27)28)8-12(30(33)34)10-18(14)22/h7-10H,1-6H2. The Labute approximate surface area is 196 Å². The summed E-state index contributed by atoms with van der Waals surface area (Å²) < 4.78 is 107. The Balaban J connectivity index is 1.97. The lowest BCUT2D eigenvalue weighted by Crippen LogP contribution is -2.12. The van der Waals surface area contributed by atoms with Gasteiger partial charge in [-0.1, -0.05) is 0 Å². The Bertz CT molecular complexity index is 1020. The minimum absolute atomic E-state index is 0.0299. The molecule has 0 saturated carbocycles. The second-order valence-electron chi connectivity index (χ2n) is 7.24. The number of nitro groups is 2. The minimum atomic E-state index is -5.01. The van der Waals surface area contributed by atoms with E-state index in [0.717, 1.165) is 11.8 Å². The van der Waals surface area contributed by atoms with Crippen LogP contribution in [0.3, 0.4) is 0 Å².